The highest BCUT2D eigenvalue weighted by Gasteiger charge is 2.29. The summed E-state index contributed by atoms with van der Waals surface area (Å²) in [5, 5.41) is 2.89. The molecule has 3 unspecified atom stereocenters. The Labute approximate surface area is 131 Å². The molecule has 1 saturated carbocycles. The Bertz CT molecular complexity index is 504. The summed E-state index contributed by atoms with van der Waals surface area (Å²) in [6.45, 7) is 2.36. The summed E-state index contributed by atoms with van der Waals surface area (Å²) in [7, 11) is 0. The van der Waals surface area contributed by atoms with Crippen molar-refractivity contribution in [3.8, 4) is 0 Å². The summed E-state index contributed by atoms with van der Waals surface area (Å²) in [6.07, 6.45) is 2.43. The second kappa shape index (κ2) is 7.94. The molecule has 1 aromatic rings. The maximum Gasteiger partial charge on any atom is 0.315 e. The number of hydrogen-bond donors (Lipinski definition) is 2. The number of esters is 1. The van der Waals surface area contributed by atoms with Crippen molar-refractivity contribution < 1.29 is 14.3 Å². The van der Waals surface area contributed by atoms with Gasteiger partial charge in [-0.1, -0.05) is 30.3 Å². The molecule has 1 aromatic carbocycles. The highest BCUT2D eigenvalue weighted by atomic mass is 16.5. The zero-order chi connectivity index (χ0) is 15.9. The van der Waals surface area contributed by atoms with Gasteiger partial charge >= 0.3 is 5.97 Å². The lowest BCUT2D eigenvalue weighted by molar-refractivity contribution is -0.144. The third-order valence-electron chi connectivity index (χ3n) is 4.10. The molecule has 22 heavy (non-hydrogen) atoms. The van der Waals surface area contributed by atoms with Crippen molar-refractivity contribution >= 4 is 11.9 Å². The van der Waals surface area contributed by atoms with Gasteiger partial charge in [0.2, 0.25) is 5.91 Å². The van der Waals surface area contributed by atoms with Gasteiger partial charge in [0, 0.05) is 18.5 Å². The Morgan fingerprint density at radius 1 is 1.32 bits per heavy atom. The van der Waals surface area contributed by atoms with Gasteiger partial charge in [0.1, 0.15) is 0 Å². The van der Waals surface area contributed by atoms with Crippen LogP contribution in [0.2, 0.25) is 0 Å². The SMILES string of the molecule is CCOC(=O)C(CNC(=O)C1CCC(N)C1)c1ccccc1. The molecular weight excluding hydrogens is 280 g/mol. The normalized spacial score (nSPS) is 22.1. The van der Waals surface area contributed by atoms with Crippen LogP contribution in [0.4, 0.5) is 0 Å². The molecule has 0 aromatic heterocycles. The number of amides is 1. The minimum Gasteiger partial charge on any atom is -0.465 e. The summed E-state index contributed by atoms with van der Waals surface area (Å²) >= 11 is 0. The van der Waals surface area contributed by atoms with E-state index in [4.69, 9.17) is 10.5 Å². The van der Waals surface area contributed by atoms with Crippen LogP contribution in [0.5, 0.6) is 0 Å². The van der Waals surface area contributed by atoms with Crippen molar-refractivity contribution in [2.24, 2.45) is 11.7 Å². The van der Waals surface area contributed by atoms with E-state index in [1.807, 2.05) is 30.3 Å². The summed E-state index contributed by atoms with van der Waals surface area (Å²) in [5.74, 6) is -0.830. The number of benzene rings is 1. The van der Waals surface area contributed by atoms with Gasteiger partial charge in [-0.3, -0.25) is 9.59 Å². The van der Waals surface area contributed by atoms with Crippen molar-refractivity contribution in [2.75, 3.05) is 13.2 Å². The van der Waals surface area contributed by atoms with E-state index in [0.717, 1.165) is 24.8 Å². The summed E-state index contributed by atoms with van der Waals surface area (Å²) in [5.41, 5.74) is 6.69. The molecule has 3 atom stereocenters. The van der Waals surface area contributed by atoms with Gasteiger partial charge in [-0.25, -0.2) is 0 Å². The molecule has 3 N–H and O–H groups in total. The predicted molar refractivity (Wildman–Crippen MR) is 84.1 cm³/mol. The molecule has 0 heterocycles. The summed E-state index contributed by atoms with van der Waals surface area (Å²) in [6, 6.07) is 9.51. The van der Waals surface area contributed by atoms with Crippen LogP contribution in [-0.2, 0) is 14.3 Å². The average molecular weight is 304 g/mol. The van der Waals surface area contributed by atoms with Crippen molar-refractivity contribution in [1.82, 2.24) is 5.32 Å². The number of rotatable bonds is 6. The number of nitrogens with two attached hydrogens (primary N) is 1. The Hall–Kier alpha value is -1.88. The number of carbonyl (C=O) groups is 2. The highest BCUT2D eigenvalue weighted by molar-refractivity contribution is 5.82. The van der Waals surface area contributed by atoms with E-state index in [-0.39, 0.29) is 30.4 Å². The second-order valence-electron chi connectivity index (χ2n) is 5.73. The minimum absolute atomic E-state index is 0.0156. The first-order valence-corrected chi connectivity index (χ1v) is 7.86. The van der Waals surface area contributed by atoms with Crippen molar-refractivity contribution in [2.45, 2.75) is 38.1 Å². The average Bonchev–Trinajstić information content (AvgIpc) is 2.95. The van der Waals surface area contributed by atoms with Gasteiger partial charge in [0.05, 0.1) is 12.5 Å². The molecule has 1 aliphatic rings. The predicted octanol–water partition coefficient (Wildman–Crippen LogP) is 1.58. The number of hydrogen-bond acceptors (Lipinski definition) is 4. The Balaban J connectivity index is 1.98. The minimum atomic E-state index is -0.472. The first-order valence-electron chi connectivity index (χ1n) is 7.86. The molecular formula is C17H24N2O3. The van der Waals surface area contributed by atoms with E-state index >= 15 is 0 Å². The fourth-order valence-corrected chi connectivity index (χ4v) is 2.87. The molecule has 0 radical (unpaired) electrons. The van der Waals surface area contributed by atoms with Crippen LogP contribution < -0.4 is 11.1 Å². The maximum absolute atomic E-state index is 12.2. The topological polar surface area (TPSA) is 81.4 Å². The van der Waals surface area contributed by atoms with Gasteiger partial charge in [0.25, 0.3) is 0 Å². The third kappa shape index (κ3) is 4.31. The largest absolute Gasteiger partial charge is 0.465 e. The van der Waals surface area contributed by atoms with Gasteiger partial charge in [-0.2, -0.15) is 0 Å². The van der Waals surface area contributed by atoms with E-state index in [1.54, 1.807) is 6.92 Å². The molecule has 1 fully saturated rings. The van der Waals surface area contributed by atoms with Crippen LogP contribution in [0, 0.1) is 5.92 Å². The highest BCUT2D eigenvalue weighted by Crippen LogP contribution is 2.24. The molecule has 0 spiro atoms. The van der Waals surface area contributed by atoms with Gasteiger partial charge < -0.3 is 15.8 Å². The lowest BCUT2D eigenvalue weighted by atomic mass is 9.98. The molecule has 0 aliphatic heterocycles. The zero-order valence-electron chi connectivity index (χ0n) is 13.0. The summed E-state index contributed by atoms with van der Waals surface area (Å²) in [4.78, 5) is 24.3. The first kappa shape index (κ1) is 16.5. The van der Waals surface area contributed by atoms with Crippen molar-refractivity contribution in [1.29, 1.82) is 0 Å². The van der Waals surface area contributed by atoms with E-state index in [0.29, 0.717) is 6.61 Å². The molecule has 5 nitrogen and oxygen atoms in total. The lowest BCUT2D eigenvalue weighted by Crippen LogP contribution is -2.36. The number of carbonyl (C=O) groups excluding carboxylic acids is 2. The van der Waals surface area contributed by atoms with Gasteiger partial charge in [-0.05, 0) is 31.7 Å². The lowest BCUT2D eigenvalue weighted by Gasteiger charge is -2.18. The van der Waals surface area contributed by atoms with Crippen LogP contribution in [0.15, 0.2) is 30.3 Å². The fraction of sp³-hybridized carbons (Fsp3) is 0.529. The second-order valence-corrected chi connectivity index (χ2v) is 5.73. The molecule has 5 heteroatoms. The quantitative estimate of drug-likeness (QED) is 0.782. The van der Waals surface area contributed by atoms with Crippen molar-refractivity contribution in [3.63, 3.8) is 0 Å². The van der Waals surface area contributed by atoms with E-state index in [1.165, 1.54) is 0 Å². The molecule has 0 saturated heterocycles. The van der Waals surface area contributed by atoms with Gasteiger partial charge in [0.15, 0.2) is 0 Å². The standard InChI is InChI=1S/C17H24N2O3/c1-2-22-17(21)15(12-6-4-3-5-7-12)11-19-16(20)13-8-9-14(18)10-13/h3-7,13-15H,2,8-11,18H2,1H3,(H,19,20). The van der Waals surface area contributed by atoms with Crippen LogP contribution in [0.25, 0.3) is 0 Å². The van der Waals surface area contributed by atoms with Crippen LogP contribution in [0.1, 0.15) is 37.7 Å². The fourth-order valence-electron chi connectivity index (χ4n) is 2.87. The van der Waals surface area contributed by atoms with Gasteiger partial charge in [-0.15, -0.1) is 0 Å². The first-order chi connectivity index (χ1) is 10.6. The van der Waals surface area contributed by atoms with Crippen molar-refractivity contribution in [3.05, 3.63) is 35.9 Å². The molecule has 0 bridgehead atoms. The van der Waals surface area contributed by atoms with E-state index < -0.39 is 5.92 Å². The molecule has 1 amide bonds. The maximum atomic E-state index is 12.2. The van der Waals surface area contributed by atoms with E-state index in [2.05, 4.69) is 5.32 Å². The monoisotopic (exact) mass is 304 g/mol. The smallest absolute Gasteiger partial charge is 0.315 e. The molecule has 2 rings (SSSR count). The summed E-state index contributed by atoms with van der Waals surface area (Å²) < 4.78 is 5.12. The van der Waals surface area contributed by atoms with E-state index in [9.17, 15) is 9.59 Å². The van der Waals surface area contributed by atoms with Crippen LogP contribution in [0.3, 0.4) is 0 Å². The Kier molecular flexibility index (Phi) is 5.95. The molecule has 1 aliphatic carbocycles. The Morgan fingerprint density at radius 3 is 2.64 bits per heavy atom. The third-order valence-corrected chi connectivity index (χ3v) is 4.10. The van der Waals surface area contributed by atoms with Crippen LogP contribution >= 0.6 is 0 Å². The Morgan fingerprint density at radius 2 is 2.05 bits per heavy atom. The molecule has 120 valence electrons. The number of ether oxygens (including phenoxy) is 1. The zero-order valence-corrected chi connectivity index (χ0v) is 13.0. The van der Waals surface area contributed by atoms with Crippen LogP contribution in [-0.4, -0.2) is 31.1 Å². The number of nitrogens with one attached hydrogen (secondary N) is 1.